The largest absolute Gasteiger partial charge is 0.327 e. The molecular formula is C13H22N2O2S. The van der Waals surface area contributed by atoms with E-state index in [-0.39, 0.29) is 12.0 Å². The molecule has 0 aliphatic heterocycles. The van der Waals surface area contributed by atoms with Gasteiger partial charge >= 0.3 is 0 Å². The van der Waals surface area contributed by atoms with Gasteiger partial charge in [0.1, 0.15) is 0 Å². The van der Waals surface area contributed by atoms with Crippen molar-refractivity contribution in [2.75, 3.05) is 6.54 Å². The summed E-state index contributed by atoms with van der Waals surface area (Å²) in [5.41, 5.74) is 7.06. The molecule has 102 valence electrons. The zero-order valence-corrected chi connectivity index (χ0v) is 12.0. The van der Waals surface area contributed by atoms with Crippen LogP contribution in [0.4, 0.5) is 0 Å². The lowest BCUT2D eigenvalue weighted by molar-refractivity contribution is 0.551. The summed E-state index contributed by atoms with van der Waals surface area (Å²) in [4.78, 5) is 0.297. The van der Waals surface area contributed by atoms with E-state index in [1.807, 2.05) is 19.1 Å². The van der Waals surface area contributed by atoms with E-state index in [4.69, 9.17) is 5.73 Å². The Hall–Kier alpha value is -0.910. The maximum absolute atomic E-state index is 11.8. The summed E-state index contributed by atoms with van der Waals surface area (Å²) in [7, 11) is -3.36. The molecule has 2 unspecified atom stereocenters. The summed E-state index contributed by atoms with van der Waals surface area (Å²) in [5.74, 6) is 0.228. The molecule has 4 nitrogen and oxygen atoms in total. The molecule has 0 saturated heterocycles. The molecule has 1 rings (SSSR count). The number of nitrogens with one attached hydrogen (secondary N) is 1. The van der Waals surface area contributed by atoms with Gasteiger partial charge in [-0.25, -0.2) is 13.1 Å². The molecule has 0 aromatic heterocycles. The summed E-state index contributed by atoms with van der Waals surface area (Å²) in [5, 5.41) is 0. The van der Waals surface area contributed by atoms with Crippen LogP contribution >= 0.6 is 0 Å². The highest BCUT2D eigenvalue weighted by molar-refractivity contribution is 7.89. The molecule has 3 N–H and O–H groups in total. The molecule has 1 aromatic carbocycles. The highest BCUT2D eigenvalue weighted by Crippen LogP contribution is 2.21. The first-order valence-electron chi connectivity index (χ1n) is 6.27. The summed E-state index contributed by atoms with van der Waals surface area (Å²) < 4.78 is 26.0. The Morgan fingerprint density at radius 2 is 1.78 bits per heavy atom. The minimum Gasteiger partial charge on any atom is -0.327 e. The molecule has 0 heterocycles. The van der Waals surface area contributed by atoms with Crippen LogP contribution in [-0.2, 0) is 10.0 Å². The van der Waals surface area contributed by atoms with E-state index in [1.165, 1.54) is 0 Å². The van der Waals surface area contributed by atoms with Gasteiger partial charge in [0.2, 0.25) is 10.0 Å². The number of benzene rings is 1. The maximum atomic E-state index is 11.8. The highest BCUT2D eigenvalue weighted by atomic mass is 32.2. The second-order valence-corrected chi connectivity index (χ2v) is 6.20. The van der Waals surface area contributed by atoms with Crippen molar-refractivity contribution in [2.24, 2.45) is 5.73 Å². The van der Waals surface area contributed by atoms with E-state index in [2.05, 4.69) is 11.6 Å². The number of hydrogen-bond acceptors (Lipinski definition) is 3. The first kappa shape index (κ1) is 15.1. The van der Waals surface area contributed by atoms with Gasteiger partial charge in [0.05, 0.1) is 4.90 Å². The Morgan fingerprint density at radius 3 is 2.22 bits per heavy atom. The van der Waals surface area contributed by atoms with Gasteiger partial charge in [0, 0.05) is 12.6 Å². The van der Waals surface area contributed by atoms with Crippen LogP contribution in [0.5, 0.6) is 0 Å². The standard InChI is InChI=1S/C13H22N2O2S/c1-4-13(14)10(3)11-6-8-12(9-7-11)18(16,17)15-5-2/h6-10,13,15H,4-5,14H2,1-3H3. The Morgan fingerprint density at radius 1 is 1.22 bits per heavy atom. The van der Waals surface area contributed by atoms with Crippen molar-refractivity contribution < 1.29 is 8.42 Å². The first-order valence-corrected chi connectivity index (χ1v) is 7.75. The van der Waals surface area contributed by atoms with E-state index in [9.17, 15) is 8.42 Å². The zero-order valence-electron chi connectivity index (χ0n) is 11.2. The second kappa shape index (κ2) is 6.31. The van der Waals surface area contributed by atoms with E-state index in [0.29, 0.717) is 11.4 Å². The van der Waals surface area contributed by atoms with E-state index >= 15 is 0 Å². The van der Waals surface area contributed by atoms with Gasteiger partial charge in [-0.1, -0.05) is 32.9 Å². The average molecular weight is 270 g/mol. The third-order valence-electron chi connectivity index (χ3n) is 3.16. The van der Waals surface area contributed by atoms with Crippen LogP contribution in [0.25, 0.3) is 0 Å². The molecule has 0 aliphatic rings. The molecule has 0 saturated carbocycles. The second-order valence-electron chi connectivity index (χ2n) is 4.43. The minimum atomic E-state index is -3.36. The number of hydrogen-bond donors (Lipinski definition) is 2. The van der Waals surface area contributed by atoms with E-state index in [1.54, 1.807) is 19.1 Å². The van der Waals surface area contributed by atoms with Gasteiger partial charge < -0.3 is 5.73 Å². The van der Waals surface area contributed by atoms with Crippen molar-refractivity contribution in [1.29, 1.82) is 0 Å². The fourth-order valence-electron chi connectivity index (χ4n) is 1.82. The molecule has 0 aliphatic carbocycles. The maximum Gasteiger partial charge on any atom is 0.240 e. The molecule has 0 amide bonds. The fraction of sp³-hybridized carbons (Fsp3) is 0.538. The quantitative estimate of drug-likeness (QED) is 0.828. The Kier molecular flexibility index (Phi) is 5.31. The van der Waals surface area contributed by atoms with Crippen LogP contribution in [0.15, 0.2) is 29.2 Å². The summed E-state index contributed by atoms with van der Waals surface area (Å²) >= 11 is 0. The van der Waals surface area contributed by atoms with Crippen molar-refractivity contribution in [1.82, 2.24) is 4.72 Å². The Labute approximate surface area is 110 Å². The number of sulfonamides is 1. The average Bonchev–Trinajstić information content (AvgIpc) is 2.37. The third kappa shape index (κ3) is 3.54. The highest BCUT2D eigenvalue weighted by Gasteiger charge is 2.16. The fourth-order valence-corrected chi connectivity index (χ4v) is 2.87. The summed E-state index contributed by atoms with van der Waals surface area (Å²) in [6.07, 6.45) is 0.901. The van der Waals surface area contributed by atoms with Gasteiger partial charge in [-0.15, -0.1) is 0 Å². The predicted molar refractivity (Wildman–Crippen MR) is 74.0 cm³/mol. The van der Waals surface area contributed by atoms with Crippen LogP contribution in [0.1, 0.15) is 38.7 Å². The lowest BCUT2D eigenvalue weighted by Gasteiger charge is -2.18. The molecule has 18 heavy (non-hydrogen) atoms. The molecule has 2 atom stereocenters. The number of nitrogens with two attached hydrogens (primary N) is 1. The van der Waals surface area contributed by atoms with Gasteiger partial charge in [-0.05, 0) is 30.0 Å². The van der Waals surface area contributed by atoms with Gasteiger partial charge in [0.25, 0.3) is 0 Å². The molecule has 0 radical (unpaired) electrons. The SMILES string of the molecule is CCNS(=O)(=O)c1ccc(C(C)C(N)CC)cc1. The van der Waals surface area contributed by atoms with Gasteiger partial charge in [-0.3, -0.25) is 0 Å². The molecule has 1 aromatic rings. The lowest BCUT2D eigenvalue weighted by Crippen LogP contribution is -2.26. The molecule has 0 bridgehead atoms. The monoisotopic (exact) mass is 270 g/mol. The zero-order chi connectivity index (χ0) is 13.8. The Balaban J connectivity index is 2.93. The minimum absolute atomic E-state index is 0.0984. The normalized spacial score (nSPS) is 15.3. The summed E-state index contributed by atoms with van der Waals surface area (Å²) in [6.45, 7) is 6.25. The smallest absolute Gasteiger partial charge is 0.240 e. The number of rotatable bonds is 6. The third-order valence-corrected chi connectivity index (χ3v) is 4.73. The Bertz CT molecular complexity index is 468. The van der Waals surface area contributed by atoms with Crippen molar-refractivity contribution in [3.8, 4) is 0 Å². The van der Waals surface area contributed by atoms with Crippen molar-refractivity contribution >= 4 is 10.0 Å². The summed E-state index contributed by atoms with van der Waals surface area (Å²) in [6, 6.07) is 7.04. The molecular weight excluding hydrogens is 248 g/mol. The molecule has 5 heteroatoms. The molecule has 0 spiro atoms. The van der Waals surface area contributed by atoms with Crippen molar-refractivity contribution in [2.45, 2.75) is 44.0 Å². The van der Waals surface area contributed by atoms with Crippen LogP contribution in [0.3, 0.4) is 0 Å². The van der Waals surface area contributed by atoms with Crippen LogP contribution < -0.4 is 10.5 Å². The van der Waals surface area contributed by atoms with Gasteiger partial charge in [-0.2, -0.15) is 0 Å². The van der Waals surface area contributed by atoms with E-state index in [0.717, 1.165) is 12.0 Å². The van der Waals surface area contributed by atoms with Crippen LogP contribution in [-0.4, -0.2) is 21.0 Å². The van der Waals surface area contributed by atoms with Crippen LogP contribution in [0.2, 0.25) is 0 Å². The van der Waals surface area contributed by atoms with Crippen molar-refractivity contribution in [3.05, 3.63) is 29.8 Å². The molecule has 0 fully saturated rings. The first-order chi connectivity index (χ1) is 8.42. The lowest BCUT2D eigenvalue weighted by atomic mass is 9.92. The topological polar surface area (TPSA) is 72.2 Å². The van der Waals surface area contributed by atoms with Crippen LogP contribution in [0, 0.1) is 0 Å². The van der Waals surface area contributed by atoms with E-state index < -0.39 is 10.0 Å². The predicted octanol–water partition coefficient (Wildman–Crippen LogP) is 1.83. The van der Waals surface area contributed by atoms with Gasteiger partial charge in [0.15, 0.2) is 0 Å². The van der Waals surface area contributed by atoms with Crippen molar-refractivity contribution in [3.63, 3.8) is 0 Å².